The van der Waals surface area contributed by atoms with Crippen molar-refractivity contribution in [2.75, 3.05) is 7.11 Å². The van der Waals surface area contributed by atoms with Crippen molar-refractivity contribution in [1.82, 2.24) is 0 Å². The molecule has 0 saturated heterocycles. The van der Waals surface area contributed by atoms with Crippen molar-refractivity contribution < 1.29 is 18.3 Å². The summed E-state index contributed by atoms with van der Waals surface area (Å²) in [4.78, 5) is 11.3. The number of hydrogen-bond donors (Lipinski definition) is 0. The molecule has 0 atom stereocenters. The average molecular weight is 276 g/mol. The Morgan fingerprint density at radius 2 is 1.50 bits per heavy atom. The Kier molecular flexibility index (Phi) is 4.45. The molecule has 2 aromatic rings. The quantitative estimate of drug-likeness (QED) is 0.798. The van der Waals surface area contributed by atoms with E-state index in [0.29, 0.717) is 24.0 Å². The van der Waals surface area contributed by atoms with Crippen LogP contribution in [0.25, 0.3) is 0 Å². The van der Waals surface area contributed by atoms with E-state index < -0.39 is 11.6 Å². The third kappa shape index (κ3) is 3.63. The molecule has 0 radical (unpaired) electrons. The molecule has 0 amide bonds. The molecule has 2 rings (SSSR count). The lowest BCUT2D eigenvalue weighted by atomic mass is 10.0. The number of rotatable bonds is 4. The van der Waals surface area contributed by atoms with E-state index in [9.17, 15) is 13.6 Å². The maximum absolute atomic E-state index is 13.0. The van der Waals surface area contributed by atoms with E-state index >= 15 is 0 Å². The average Bonchev–Trinajstić information content (AvgIpc) is 2.44. The van der Waals surface area contributed by atoms with Crippen molar-refractivity contribution in [2.45, 2.75) is 12.8 Å². The maximum Gasteiger partial charge on any atom is 0.337 e. The smallest absolute Gasteiger partial charge is 0.337 e. The molecule has 104 valence electrons. The lowest BCUT2D eigenvalue weighted by Gasteiger charge is -2.04. The van der Waals surface area contributed by atoms with Gasteiger partial charge in [-0.25, -0.2) is 13.6 Å². The van der Waals surface area contributed by atoms with Gasteiger partial charge in [0.15, 0.2) is 0 Å². The number of methoxy groups -OCH3 is 1. The van der Waals surface area contributed by atoms with Crippen LogP contribution < -0.4 is 0 Å². The number of carbonyl (C=O) groups excluding carboxylic acids is 1. The highest BCUT2D eigenvalue weighted by Crippen LogP contribution is 2.12. The molecule has 0 unspecified atom stereocenters. The monoisotopic (exact) mass is 276 g/mol. The molecule has 20 heavy (non-hydrogen) atoms. The predicted molar refractivity (Wildman–Crippen MR) is 71.5 cm³/mol. The molecule has 2 aromatic carbocycles. The number of benzene rings is 2. The maximum atomic E-state index is 13.0. The third-order valence-corrected chi connectivity index (χ3v) is 3.00. The summed E-state index contributed by atoms with van der Waals surface area (Å²) in [7, 11) is 1.33. The van der Waals surface area contributed by atoms with Crippen LogP contribution in [0, 0.1) is 11.6 Å². The van der Waals surface area contributed by atoms with Crippen LogP contribution in [0.1, 0.15) is 21.5 Å². The minimum Gasteiger partial charge on any atom is -0.465 e. The van der Waals surface area contributed by atoms with Gasteiger partial charge in [-0.3, -0.25) is 0 Å². The highest BCUT2D eigenvalue weighted by molar-refractivity contribution is 5.89. The Morgan fingerprint density at radius 3 is 2.05 bits per heavy atom. The van der Waals surface area contributed by atoms with E-state index in [4.69, 9.17) is 0 Å². The topological polar surface area (TPSA) is 26.3 Å². The second-order valence-electron chi connectivity index (χ2n) is 4.47. The molecule has 0 fully saturated rings. The summed E-state index contributed by atoms with van der Waals surface area (Å²) in [5.74, 6) is -1.52. The zero-order chi connectivity index (χ0) is 14.5. The van der Waals surface area contributed by atoms with E-state index in [0.717, 1.165) is 11.6 Å². The minimum atomic E-state index is -0.568. The zero-order valence-electron chi connectivity index (χ0n) is 11.0. The fourth-order valence-electron chi connectivity index (χ4n) is 1.97. The van der Waals surface area contributed by atoms with Gasteiger partial charge in [0.05, 0.1) is 12.7 Å². The normalized spacial score (nSPS) is 10.3. The molecule has 0 aliphatic carbocycles. The summed E-state index contributed by atoms with van der Waals surface area (Å²) >= 11 is 0. The van der Waals surface area contributed by atoms with Crippen LogP contribution in [-0.4, -0.2) is 13.1 Å². The van der Waals surface area contributed by atoms with Gasteiger partial charge in [-0.15, -0.1) is 0 Å². The van der Waals surface area contributed by atoms with Gasteiger partial charge < -0.3 is 4.74 Å². The molecule has 0 saturated carbocycles. The lowest BCUT2D eigenvalue weighted by molar-refractivity contribution is 0.0600. The zero-order valence-corrected chi connectivity index (χ0v) is 11.0. The lowest BCUT2D eigenvalue weighted by Crippen LogP contribution is -2.01. The Balaban J connectivity index is 2.02. The summed E-state index contributed by atoms with van der Waals surface area (Å²) in [6, 6.07) is 10.5. The summed E-state index contributed by atoms with van der Waals surface area (Å²) < 4.78 is 30.7. The summed E-state index contributed by atoms with van der Waals surface area (Å²) in [5.41, 5.74) is 2.08. The molecular weight excluding hydrogens is 262 g/mol. The second kappa shape index (κ2) is 6.28. The number of esters is 1. The van der Waals surface area contributed by atoms with Gasteiger partial charge in [0.2, 0.25) is 0 Å². The number of carbonyl (C=O) groups is 1. The van der Waals surface area contributed by atoms with Crippen molar-refractivity contribution in [3.05, 3.63) is 70.8 Å². The molecule has 0 aliphatic rings. The molecule has 0 spiro atoms. The summed E-state index contributed by atoms with van der Waals surface area (Å²) in [6.45, 7) is 0. The van der Waals surface area contributed by atoms with E-state index in [1.165, 1.54) is 19.2 Å². The summed E-state index contributed by atoms with van der Waals surface area (Å²) in [6.07, 6.45) is 1.18. The molecule has 0 heterocycles. The Labute approximate surface area is 116 Å². The van der Waals surface area contributed by atoms with Crippen molar-refractivity contribution in [3.63, 3.8) is 0 Å². The van der Waals surface area contributed by atoms with Gasteiger partial charge in [-0.1, -0.05) is 12.1 Å². The van der Waals surface area contributed by atoms with E-state index in [-0.39, 0.29) is 5.97 Å². The Bertz CT molecular complexity index is 586. The standard InChI is InChI=1S/C16H14F2O2/c1-20-16(19)13-6-4-11(5-7-13)2-3-12-8-14(17)10-15(18)9-12/h4-10H,2-3H2,1H3. The van der Waals surface area contributed by atoms with Crippen LogP contribution in [0.4, 0.5) is 8.78 Å². The van der Waals surface area contributed by atoms with E-state index in [2.05, 4.69) is 4.74 Å². The molecular formula is C16H14F2O2. The van der Waals surface area contributed by atoms with Gasteiger partial charge in [0, 0.05) is 6.07 Å². The number of halogens is 2. The highest BCUT2D eigenvalue weighted by atomic mass is 19.1. The molecule has 2 nitrogen and oxygen atoms in total. The van der Waals surface area contributed by atoms with Crippen molar-refractivity contribution >= 4 is 5.97 Å². The first-order chi connectivity index (χ1) is 9.58. The Hall–Kier alpha value is -2.23. The van der Waals surface area contributed by atoms with Crippen LogP contribution in [0.15, 0.2) is 42.5 Å². The molecule has 0 N–H and O–H groups in total. The van der Waals surface area contributed by atoms with Crippen LogP contribution in [-0.2, 0) is 17.6 Å². The van der Waals surface area contributed by atoms with Crippen LogP contribution in [0.5, 0.6) is 0 Å². The fraction of sp³-hybridized carbons (Fsp3) is 0.188. The molecule has 4 heteroatoms. The first kappa shape index (κ1) is 14.2. The van der Waals surface area contributed by atoms with Gasteiger partial charge in [0.25, 0.3) is 0 Å². The predicted octanol–water partition coefficient (Wildman–Crippen LogP) is 3.54. The molecule has 0 aliphatic heterocycles. The van der Waals surface area contributed by atoms with E-state index in [1.807, 2.05) is 12.1 Å². The first-order valence-corrected chi connectivity index (χ1v) is 6.20. The molecule has 0 aromatic heterocycles. The number of hydrogen-bond acceptors (Lipinski definition) is 2. The minimum absolute atomic E-state index is 0.385. The number of aryl methyl sites for hydroxylation is 2. The largest absolute Gasteiger partial charge is 0.465 e. The summed E-state index contributed by atoms with van der Waals surface area (Å²) in [5, 5.41) is 0. The Morgan fingerprint density at radius 1 is 0.950 bits per heavy atom. The first-order valence-electron chi connectivity index (χ1n) is 6.20. The number of ether oxygens (including phenoxy) is 1. The van der Waals surface area contributed by atoms with Crippen LogP contribution in [0.3, 0.4) is 0 Å². The molecule has 0 bridgehead atoms. The SMILES string of the molecule is COC(=O)c1ccc(CCc2cc(F)cc(F)c2)cc1. The van der Waals surface area contributed by atoms with Crippen LogP contribution in [0.2, 0.25) is 0 Å². The van der Waals surface area contributed by atoms with Crippen molar-refractivity contribution in [1.29, 1.82) is 0 Å². The van der Waals surface area contributed by atoms with E-state index in [1.54, 1.807) is 12.1 Å². The fourth-order valence-corrected chi connectivity index (χ4v) is 1.97. The van der Waals surface area contributed by atoms with Crippen LogP contribution >= 0.6 is 0 Å². The third-order valence-electron chi connectivity index (χ3n) is 3.00. The highest BCUT2D eigenvalue weighted by Gasteiger charge is 2.05. The van der Waals surface area contributed by atoms with Gasteiger partial charge in [-0.05, 0) is 48.2 Å². The van der Waals surface area contributed by atoms with Crippen molar-refractivity contribution in [3.8, 4) is 0 Å². The van der Waals surface area contributed by atoms with Crippen molar-refractivity contribution in [2.24, 2.45) is 0 Å². The second-order valence-corrected chi connectivity index (χ2v) is 4.47. The van der Waals surface area contributed by atoms with Gasteiger partial charge in [-0.2, -0.15) is 0 Å². The van der Waals surface area contributed by atoms with Gasteiger partial charge >= 0.3 is 5.97 Å². The van der Waals surface area contributed by atoms with Gasteiger partial charge in [0.1, 0.15) is 11.6 Å².